The molecule has 4 heteroatoms. The topological polar surface area (TPSA) is 51.0 Å². The molecule has 1 N–H and O–H groups in total. The summed E-state index contributed by atoms with van der Waals surface area (Å²) < 4.78 is 5.00. The second-order valence-electron chi connectivity index (χ2n) is 6.50. The second-order valence-corrected chi connectivity index (χ2v) is 6.50. The lowest BCUT2D eigenvalue weighted by atomic mass is 9.71. The summed E-state index contributed by atoms with van der Waals surface area (Å²) in [5, 5.41) is 7.59. The zero-order valence-corrected chi connectivity index (χ0v) is 13.0. The van der Waals surface area contributed by atoms with E-state index in [1.165, 1.54) is 24.0 Å². The molecule has 1 aromatic carbocycles. The zero-order valence-electron chi connectivity index (χ0n) is 13.0. The Balaban J connectivity index is 1.66. The molecule has 0 bridgehead atoms. The SMILES string of the molecule is Cc1nc(CCNC2CCC(C)(C)c3ccccc32)no1. The van der Waals surface area contributed by atoms with Crippen LogP contribution in [0.25, 0.3) is 0 Å². The van der Waals surface area contributed by atoms with Crippen molar-refractivity contribution in [2.24, 2.45) is 0 Å². The van der Waals surface area contributed by atoms with Gasteiger partial charge in [-0.2, -0.15) is 4.98 Å². The summed E-state index contributed by atoms with van der Waals surface area (Å²) in [6.07, 6.45) is 3.19. The summed E-state index contributed by atoms with van der Waals surface area (Å²) in [6.45, 7) is 7.37. The number of hydrogen-bond acceptors (Lipinski definition) is 4. The highest BCUT2D eigenvalue weighted by Gasteiger charge is 2.31. The minimum Gasteiger partial charge on any atom is -0.340 e. The Morgan fingerprint density at radius 3 is 2.90 bits per heavy atom. The lowest BCUT2D eigenvalue weighted by Crippen LogP contribution is -2.33. The van der Waals surface area contributed by atoms with Gasteiger partial charge in [0.25, 0.3) is 0 Å². The van der Waals surface area contributed by atoms with E-state index in [-0.39, 0.29) is 5.41 Å². The quantitative estimate of drug-likeness (QED) is 0.936. The van der Waals surface area contributed by atoms with E-state index in [1.54, 1.807) is 0 Å². The third-order valence-corrected chi connectivity index (χ3v) is 4.43. The maximum absolute atomic E-state index is 5.00. The van der Waals surface area contributed by atoms with Crippen molar-refractivity contribution >= 4 is 0 Å². The Kier molecular flexibility index (Phi) is 3.81. The molecular weight excluding hydrogens is 262 g/mol. The summed E-state index contributed by atoms with van der Waals surface area (Å²) >= 11 is 0. The van der Waals surface area contributed by atoms with Gasteiger partial charge in [0.2, 0.25) is 5.89 Å². The summed E-state index contributed by atoms with van der Waals surface area (Å²) in [4.78, 5) is 4.24. The van der Waals surface area contributed by atoms with Crippen molar-refractivity contribution in [1.82, 2.24) is 15.5 Å². The van der Waals surface area contributed by atoms with Gasteiger partial charge >= 0.3 is 0 Å². The highest BCUT2D eigenvalue weighted by atomic mass is 16.5. The Labute approximate surface area is 126 Å². The van der Waals surface area contributed by atoms with E-state index in [0.29, 0.717) is 11.9 Å². The van der Waals surface area contributed by atoms with E-state index in [4.69, 9.17) is 4.52 Å². The molecule has 0 spiro atoms. The average Bonchev–Trinajstić information content (AvgIpc) is 2.87. The number of aryl methyl sites for hydroxylation is 1. The van der Waals surface area contributed by atoms with E-state index in [9.17, 15) is 0 Å². The smallest absolute Gasteiger partial charge is 0.223 e. The van der Waals surface area contributed by atoms with Crippen molar-refractivity contribution in [2.45, 2.75) is 51.5 Å². The van der Waals surface area contributed by atoms with Crippen LogP contribution in [0, 0.1) is 6.92 Å². The van der Waals surface area contributed by atoms with Crippen molar-refractivity contribution < 1.29 is 4.52 Å². The first-order valence-electron chi connectivity index (χ1n) is 7.68. The van der Waals surface area contributed by atoms with Crippen LogP contribution in [0.2, 0.25) is 0 Å². The molecule has 1 atom stereocenters. The molecule has 0 radical (unpaired) electrons. The van der Waals surface area contributed by atoms with Crippen LogP contribution in [0.5, 0.6) is 0 Å². The third-order valence-electron chi connectivity index (χ3n) is 4.43. The lowest BCUT2D eigenvalue weighted by molar-refractivity contribution is 0.357. The number of nitrogens with one attached hydrogen (secondary N) is 1. The molecule has 21 heavy (non-hydrogen) atoms. The van der Waals surface area contributed by atoms with E-state index >= 15 is 0 Å². The molecule has 2 aromatic rings. The molecule has 0 saturated carbocycles. The molecule has 1 aliphatic carbocycles. The molecule has 0 amide bonds. The first-order chi connectivity index (χ1) is 10.1. The van der Waals surface area contributed by atoms with Gasteiger partial charge in [0.1, 0.15) is 0 Å². The summed E-state index contributed by atoms with van der Waals surface area (Å²) in [6, 6.07) is 9.24. The first kappa shape index (κ1) is 14.3. The number of fused-ring (bicyclic) bond motifs is 1. The molecule has 4 nitrogen and oxygen atoms in total. The van der Waals surface area contributed by atoms with Gasteiger partial charge in [-0.05, 0) is 29.4 Å². The van der Waals surface area contributed by atoms with Crippen LogP contribution in [0.15, 0.2) is 28.8 Å². The molecule has 3 rings (SSSR count). The maximum Gasteiger partial charge on any atom is 0.223 e. The number of benzene rings is 1. The molecule has 112 valence electrons. The molecule has 1 heterocycles. The normalized spacial score (nSPS) is 20.2. The maximum atomic E-state index is 5.00. The average molecular weight is 285 g/mol. The van der Waals surface area contributed by atoms with Crippen molar-refractivity contribution in [3.05, 3.63) is 47.1 Å². The highest BCUT2D eigenvalue weighted by molar-refractivity contribution is 5.38. The molecule has 0 saturated heterocycles. The lowest BCUT2D eigenvalue weighted by Gasteiger charge is -2.37. The summed E-state index contributed by atoms with van der Waals surface area (Å²) in [7, 11) is 0. The molecule has 1 aromatic heterocycles. The minimum atomic E-state index is 0.277. The van der Waals surface area contributed by atoms with Crippen molar-refractivity contribution in [1.29, 1.82) is 0 Å². The van der Waals surface area contributed by atoms with Crippen molar-refractivity contribution in [3.63, 3.8) is 0 Å². The monoisotopic (exact) mass is 285 g/mol. The van der Waals surface area contributed by atoms with Crippen LogP contribution in [0.3, 0.4) is 0 Å². The number of hydrogen-bond donors (Lipinski definition) is 1. The van der Waals surface area contributed by atoms with Crippen LogP contribution in [-0.4, -0.2) is 16.7 Å². The Bertz CT molecular complexity index is 618. The van der Waals surface area contributed by atoms with Crippen molar-refractivity contribution in [2.75, 3.05) is 6.54 Å². The Morgan fingerprint density at radius 2 is 2.14 bits per heavy atom. The van der Waals surface area contributed by atoms with Crippen molar-refractivity contribution in [3.8, 4) is 0 Å². The number of aromatic nitrogens is 2. The summed E-state index contributed by atoms with van der Waals surface area (Å²) in [5.41, 5.74) is 3.20. The second kappa shape index (κ2) is 5.60. The van der Waals surface area contributed by atoms with E-state index in [1.807, 2.05) is 6.92 Å². The van der Waals surface area contributed by atoms with Gasteiger partial charge in [-0.15, -0.1) is 0 Å². The highest BCUT2D eigenvalue weighted by Crippen LogP contribution is 2.41. The van der Waals surface area contributed by atoms with Crippen LogP contribution in [0.1, 0.15) is 55.6 Å². The van der Waals surface area contributed by atoms with E-state index in [0.717, 1.165) is 18.8 Å². The zero-order chi connectivity index (χ0) is 14.9. The predicted octanol–water partition coefficient (Wildman–Crippen LogP) is 3.32. The first-order valence-corrected chi connectivity index (χ1v) is 7.68. The number of nitrogens with zero attached hydrogens (tertiary/aromatic N) is 2. The van der Waals surface area contributed by atoms with Crippen LogP contribution >= 0.6 is 0 Å². The molecule has 0 fully saturated rings. The fourth-order valence-corrected chi connectivity index (χ4v) is 3.23. The fraction of sp³-hybridized carbons (Fsp3) is 0.529. The van der Waals surface area contributed by atoms with Gasteiger partial charge in [-0.1, -0.05) is 43.3 Å². The number of rotatable bonds is 4. The predicted molar refractivity (Wildman–Crippen MR) is 82.2 cm³/mol. The third kappa shape index (κ3) is 3.00. The van der Waals surface area contributed by atoms with Gasteiger partial charge in [0.15, 0.2) is 5.82 Å². The van der Waals surface area contributed by atoms with Gasteiger partial charge in [-0.3, -0.25) is 0 Å². The van der Waals surface area contributed by atoms with E-state index in [2.05, 4.69) is 53.6 Å². The molecule has 1 unspecified atom stereocenters. The van der Waals surface area contributed by atoms with Gasteiger partial charge in [0, 0.05) is 25.9 Å². The standard InChI is InChI=1S/C17H23N3O/c1-12-19-16(20-21-12)9-11-18-15-8-10-17(2,3)14-7-5-4-6-13(14)15/h4-7,15,18H,8-11H2,1-3H3. The van der Waals surface area contributed by atoms with Gasteiger partial charge in [-0.25, -0.2) is 0 Å². The molecular formula is C17H23N3O. The Hall–Kier alpha value is -1.68. The van der Waals surface area contributed by atoms with Gasteiger partial charge < -0.3 is 9.84 Å². The molecule has 0 aliphatic heterocycles. The van der Waals surface area contributed by atoms with Crippen LogP contribution in [-0.2, 0) is 11.8 Å². The van der Waals surface area contributed by atoms with E-state index < -0.39 is 0 Å². The summed E-state index contributed by atoms with van der Waals surface area (Å²) in [5.74, 6) is 1.42. The molecule has 1 aliphatic rings. The van der Waals surface area contributed by atoms with Gasteiger partial charge in [0.05, 0.1) is 0 Å². The fourth-order valence-electron chi connectivity index (χ4n) is 3.23. The van der Waals surface area contributed by atoms with Crippen LogP contribution in [0.4, 0.5) is 0 Å². The Morgan fingerprint density at radius 1 is 1.33 bits per heavy atom. The minimum absolute atomic E-state index is 0.277. The largest absolute Gasteiger partial charge is 0.340 e. The van der Waals surface area contributed by atoms with Crippen LogP contribution < -0.4 is 5.32 Å².